The molecule has 0 bridgehead atoms. The standard InChI is InChI=1S/C26H34O8/c1-6-7-20(29)33-13-23(5)21-18-9-17(12-27)11-24(31)19(8-14(2)22(24)30)26(18,32)15(3)10-25(21,23)34-16(4)28/h6-9,15,18-19,21,27,31-32H,10-13H2,1-5H3. The summed E-state index contributed by atoms with van der Waals surface area (Å²) in [4.78, 5) is 37.3. The highest BCUT2D eigenvalue weighted by Crippen LogP contribution is 2.76. The fourth-order valence-electron chi connectivity index (χ4n) is 7.28. The zero-order valence-corrected chi connectivity index (χ0v) is 20.3. The topological polar surface area (TPSA) is 130 Å². The molecule has 0 saturated heterocycles. The molecule has 0 amide bonds. The third-order valence-electron chi connectivity index (χ3n) is 8.80. The van der Waals surface area contributed by atoms with E-state index in [0.717, 1.165) is 0 Å². The van der Waals surface area contributed by atoms with Crippen LogP contribution >= 0.6 is 0 Å². The van der Waals surface area contributed by atoms with Crippen molar-refractivity contribution < 1.29 is 39.2 Å². The lowest BCUT2D eigenvalue weighted by Gasteiger charge is -2.50. The molecule has 0 radical (unpaired) electrons. The first kappa shape index (κ1) is 24.8. The molecule has 0 aromatic carbocycles. The van der Waals surface area contributed by atoms with Gasteiger partial charge < -0.3 is 24.8 Å². The van der Waals surface area contributed by atoms with E-state index in [2.05, 4.69) is 0 Å². The quantitative estimate of drug-likeness (QED) is 0.311. The average Bonchev–Trinajstić information content (AvgIpc) is 3.20. The van der Waals surface area contributed by atoms with Gasteiger partial charge in [0.15, 0.2) is 5.78 Å². The summed E-state index contributed by atoms with van der Waals surface area (Å²) in [5.74, 6) is -3.92. The van der Waals surface area contributed by atoms with Crippen molar-refractivity contribution in [2.45, 2.75) is 64.3 Å². The van der Waals surface area contributed by atoms with E-state index in [1.807, 2.05) is 13.8 Å². The second-order valence-corrected chi connectivity index (χ2v) is 10.7. The van der Waals surface area contributed by atoms with E-state index in [9.17, 15) is 29.7 Å². The Kier molecular flexibility index (Phi) is 5.74. The lowest BCUT2D eigenvalue weighted by molar-refractivity contribution is -0.186. The molecule has 2 fully saturated rings. The first-order valence-corrected chi connectivity index (χ1v) is 11.8. The van der Waals surface area contributed by atoms with E-state index in [1.54, 1.807) is 32.1 Å². The van der Waals surface area contributed by atoms with Crippen molar-refractivity contribution in [2.75, 3.05) is 13.2 Å². The van der Waals surface area contributed by atoms with Crippen LogP contribution in [0, 0.1) is 29.1 Å². The molecule has 8 nitrogen and oxygen atoms in total. The first-order valence-electron chi connectivity index (χ1n) is 11.8. The summed E-state index contributed by atoms with van der Waals surface area (Å²) >= 11 is 0. The molecule has 0 spiro atoms. The normalized spacial score (nSPS) is 44.9. The van der Waals surface area contributed by atoms with Gasteiger partial charge in [0.25, 0.3) is 0 Å². The molecule has 0 aliphatic heterocycles. The SMILES string of the molecule is CC=CC(=O)OCC1(C)C2C3C=C(CO)CC4(O)C(=O)C(C)=CC4C3(O)C(C)CC21OC(C)=O. The lowest BCUT2D eigenvalue weighted by atomic mass is 9.60. The van der Waals surface area contributed by atoms with E-state index in [1.165, 1.54) is 13.0 Å². The van der Waals surface area contributed by atoms with Crippen molar-refractivity contribution in [3.63, 3.8) is 0 Å². The lowest BCUT2D eigenvalue weighted by Crippen LogP contribution is -2.61. The van der Waals surface area contributed by atoms with Crippen molar-refractivity contribution in [2.24, 2.45) is 29.1 Å². The van der Waals surface area contributed by atoms with Gasteiger partial charge in [-0.2, -0.15) is 0 Å². The molecule has 4 rings (SSSR count). The number of Topliss-reactive ketones (excluding diaryl/α,β-unsaturated/α-hetero) is 1. The highest BCUT2D eigenvalue weighted by Gasteiger charge is 2.85. The van der Waals surface area contributed by atoms with Crippen LogP contribution in [0.15, 0.2) is 35.5 Å². The zero-order chi connectivity index (χ0) is 25.3. The van der Waals surface area contributed by atoms with Gasteiger partial charge in [0, 0.05) is 42.6 Å². The summed E-state index contributed by atoms with van der Waals surface area (Å²) in [7, 11) is 0. The minimum atomic E-state index is -1.86. The average molecular weight is 475 g/mol. The summed E-state index contributed by atoms with van der Waals surface area (Å²) in [5.41, 5.74) is -4.38. The number of hydrogen-bond acceptors (Lipinski definition) is 8. The van der Waals surface area contributed by atoms with E-state index in [4.69, 9.17) is 9.47 Å². The van der Waals surface area contributed by atoms with Crippen LogP contribution in [0.3, 0.4) is 0 Å². The number of rotatable bonds is 5. The number of allylic oxidation sites excluding steroid dienone is 1. The molecular formula is C26H34O8. The van der Waals surface area contributed by atoms with Gasteiger partial charge in [-0.3, -0.25) is 9.59 Å². The van der Waals surface area contributed by atoms with Crippen LogP contribution in [-0.2, 0) is 23.9 Å². The third kappa shape index (κ3) is 3.11. The number of aliphatic hydroxyl groups excluding tert-OH is 1. The Bertz CT molecular complexity index is 1030. The predicted molar refractivity (Wildman–Crippen MR) is 121 cm³/mol. The van der Waals surface area contributed by atoms with Gasteiger partial charge >= 0.3 is 11.9 Å². The summed E-state index contributed by atoms with van der Waals surface area (Å²) in [5, 5.41) is 33.9. The number of fused-ring (bicyclic) bond motifs is 5. The van der Waals surface area contributed by atoms with Gasteiger partial charge in [-0.15, -0.1) is 0 Å². The van der Waals surface area contributed by atoms with Crippen LogP contribution in [0.4, 0.5) is 0 Å². The van der Waals surface area contributed by atoms with Crippen LogP contribution in [-0.4, -0.2) is 63.1 Å². The number of hydrogen-bond donors (Lipinski definition) is 3. The highest BCUT2D eigenvalue weighted by molar-refractivity contribution is 6.04. The van der Waals surface area contributed by atoms with Crippen LogP contribution < -0.4 is 0 Å². The number of aliphatic hydroxyl groups is 3. The molecule has 0 aromatic heterocycles. The minimum absolute atomic E-state index is 0.0293. The van der Waals surface area contributed by atoms with Crippen LogP contribution in [0.1, 0.15) is 47.5 Å². The number of carbonyl (C=O) groups excluding carboxylic acids is 3. The number of ether oxygens (including phenoxy) is 2. The Hall–Kier alpha value is -2.29. The van der Waals surface area contributed by atoms with E-state index in [-0.39, 0.29) is 26.1 Å². The molecule has 8 unspecified atom stereocenters. The molecule has 0 aromatic rings. The Morgan fingerprint density at radius 3 is 2.53 bits per heavy atom. The van der Waals surface area contributed by atoms with Gasteiger partial charge in [0.05, 0.1) is 12.2 Å². The third-order valence-corrected chi connectivity index (χ3v) is 8.80. The van der Waals surface area contributed by atoms with Crippen molar-refractivity contribution in [1.29, 1.82) is 0 Å². The van der Waals surface area contributed by atoms with Gasteiger partial charge in [-0.25, -0.2) is 4.79 Å². The van der Waals surface area contributed by atoms with E-state index in [0.29, 0.717) is 11.1 Å². The predicted octanol–water partition coefficient (Wildman–Crippen LogP) is 1.63. The molecule has 34 heavy (non-hydrogen) atoms. The molecule has 0 heterocycles. The molecule has 2 saturated carbocycles. The Morgan fingerprint density at radius 1 is 1.26 bits per heavy atom. The van der Waals surface area contributed by atoms with Crippen LogP contribution in [0.5, 0.6) is 0 Å². The number of esters is 2. The Morgan fingerprint density at radius 2 is 1.94 bits per heavy atom. The zero-order valence-electron chi connectivity index (χ0n) is 20.3. The highest BCUT2D eigenvalue weighted by atomic mass is 16.6. The Balaban J connectivity index is 1.84. The summed E-state index contributed by atoms with van der Waals surface area (Å²) in [6.45, 7) is 7.92. The molecule has 3 N–H and O–H groups in total. The number of ketones is 1. The molecular weight excluding hydrogens is 440 g/mol. The van der Waals surface area contributed by atoms with Crippen molar-refractivity contribution in [3.8, 4) is 0 Å². The molecule has 186 valence electrons. The Labute approximate surface area is 199 Å². The molecule has 4 aliphatic carbocycles. The van der Waals surface area contributed by atoms with E-state index < -0.39 is 63.6 Å². The largest absolute Gasteiger partial charge is 0.462 e. The van der Waals surface area contributed by atoms with E-state index >= 15 is 0 Å². The maximum absolute atomic E-state index is 13.0. The monoisotopic (exact) mass is 474 g/mol. The summed E-state index contributed by atoms with van der Waals surface area (Å²) in [6.07, 6.45) is 6.45. The van der Waals surface area contributed by atoms with Gasteiger partial charge in [-0.1, -0.05) is 32.1 Å². The fraction of sp³-hybridized carbons (Fsp3) is 0.654. The van der Waals surface area contributed by atoms with Crippen molar-refractivity contribution in [3.05, 3.63) is 35.5 Å². The molecule has 8 atom stereocenters. The van der Waals surface area contributed by atoms with Gasteiger partial charge in [-0.05, 0) is 37.3 Å². The second-order valence-electron chi connectivity index (χ2n) is 10.7. The smallest absolute Gasteiger partial charge is 0.330 e. The fourth-order valence-corrected chi connectivity index (χ4v) is 7.28. The second kappa shape index (κ2) is 7.86. The van der Waals surface area contributed by atoms with Crippen molar-refractivity contribution >= 4 is 17.7 Å². The summed E-state index contributed by atoms with van der Waals surface area (Å²) in [6, 6.07) is 0. The molecule has 4 aliphatic rings. The summed E-state index contributed by atoms with van der Waals surface area (Å²) < 4.78 is 11.4. The molecule has 8 heteroatoms. The van der Waals surface area contributed by atoms with Crippen LogP contribution in [0.25, 0.3) is 0 Å². The number of carbonyl (C=O) groups is 3. The minimum Gasteiger partial charge on any atom is -0.462 e. The van der Waals surface area contributed by atoms with Crippen molar-refractivity contribution in [1.82, 2.24) is 0 Å². The van der Waals surface area contributed by atoms with Crippen LogP contribution in [0.2, 0.25) is 0 Å². The van der Waals surface area contributed by atoms with Gasteiger partial charge in [0.1, 0.15) is 17.8 Å². The maximum Gasteiger partial charge on any atom is 0.330 e. The maximum atomic E-state index is 13.0. The first-order chi connectivity index (χ1) is 15.8. The van der Waals surface area contributed by atoms with Gasteiger partial charge in [0.2, 0.25) is 0 Å².